The first-order chi connectivity index (χ1) is 10.8. The van der Waals surface area contributed by atoms with Crippen LogP contribution in [0.25, 0.3) is 10.4 Å². The molecule has 112 valence electrons. The van der Waals surface area contributed by atoms with E-state index < -0.39 is 0 Å². The number of amides is 1. The molecule has 0 spiro atoms. The number of thiophene rings is 1. The van der Waals surface area contributed by atoms with Crippen LogP contribution in [-0.2, 0) is 11.3 Å². The maximum Gasteiger partial charge on any atom is 0.223 e. The molecule has 2 aromatic heterocycles. The zero-order valence-electron chi connectivity index (χ0n) is 12.2. The smallest absolute Gasteiger partial charge is 0.223 e. The molecule has 2 aliphatic carbocycles. The summed E-state index contributed by atoms with van der Waals surface area (Å²) in [7, 11) is 0. The third kappa shape index (κ3) is 2.59. The van der Waals surface area contributed by atoms with Crippen LogP contribution in [0.4, 0.5) is 0 Å². The summed E-state index contributed by atoms with van der Waals surface area (Å²) in [5, 5.41) is 5.15. The van der Waals surface area contributed by atoms with Crippen LogP contribution in [0.5, 0.6) is 0 Å². The monoisotopic (exact) mass is 310 g/mol. The lowest BCUT2D eigenvalue weighted by Crippen LogP contribution is -2.32. The number of carbonyl (C=O) groups excluding carboxylic acids is 1. The van der Waals surface area contributed by atoms with E-state index in [1.54, 1.807) is 11.3 Å². The van der Waals surface area contributed by atoms with Gasteiger partial charge in [-0.25, -0.2) is 0 Å². The first-order valence-electron chi connectivity index (χ1n) is 7.73. The molecule has 2 aromatic rings. The fourth-order valence-electron chi connectivity index (χ4n) is 3.56. The molecule has 22 heavy (non-hydrogen) atoms. The standard InChI is InChI=1S/C18H18N2OS/c21-18(16-8-12-3-4-14(16)6-12)20-10-13-7-15(11-19-9-13)17-2-1-5-22-17/h1-5,7,9,11-12,14,16H,6,8,10H2,(H,20,21). The van der Waals surface area contributed by atoms with Crippen LogP contribution in [0.2, 0.25) is 0 Å². The van der Waals surface area contributed by atoms with Crippen molar-refractivity contribution < 1.29 is 4.79 Å². The van der Waals surface area contributed by atoms with Gasteiger partial charge in [-0.15, -0.1) is 11.3 Å². The van der Waals surface area contributed by atoms with Gasteiger partial charge in [0.1, 0.15) is 0 Å². The van der Waals surface area contributed by atoms with Crippen LogP contribution < -0.4 is 5.32 Å². The molecule has 1 N–H and O–H groups in total. The Morgan fingerprint density at radius 3 is 3.00 bits per heavy atom. The van der Waals surface area contributed by atoms with Crippen molar-refractivity contribution >= 4 is 17.2 Å². The number of aromatic nitrogens is 1. The third-order valence-corrected chi connectivity index (χ3v) is 5.60. The number of fused-ring (bicyclic) bond motifs is 2. The minimum atomic E-state index is 0.170. The normalized spacial score (nSPS) is 25.5. The lowest BCUT2D eigenvalue weighted by atomic mass is 9.93. The lowest BCUT2D eigenvalue weighted by molar-refractivity contribution is -0.125. The number of pyridine rings is 1. The van der Waals surface area contributed by atoms with Gasteiger partial charge in [-0.2, -0.15) is 0 Å². The SMILES string of the molecule is O=C(NCc1cncc(-c2cccs2)c1)C1CC2C=CC1C2. The zero-order valence-corrected chi connectivity index (χ0v) is 13.1. The molecule has 0 saturated heterocycles. The zero-order chi connectivity index (χ0) is 14.9. The Morgan fingerprint density at radius 1 is 1.32 bits per heavy atom. The predicted molar refractivity (Wildman–Crippen MR) is 88.2 cm³/mol. The molecule has 4 heteroatoms. The highest BCUT2D eigenvalue weighted by molar-refractivity contribution is 7.13. The number of hydrogen-bond donors (Lipinski definition) is 1. The van der Waals surface area contributed by atoms with E-state index in [2.05, 4.69) is 40.0 Å². The van der Waals surface area contributed by atoms with E-state index >= 15 is 0 Å². The molecule has 1 saturated carbocycles. The Bertz CT molecular complexity index is 708. The van der Waals surface area contributed by atoms with E-state index in [1.807, 2.05) is 18.5 Å². The number of carbonyl (C=O) groups is 1. The van der Waals surface area contributed by atoms with Gasteiger partial charge in [0.2, 0.25) is 5.91 Å². The van der Waals surface area contributed by atoms with Gasteiger partial charge < -0.3 is 5.32 Å². The van der Waals surface area contributed by atoms with E-state index in [0.717, 1.165) is 24.0 Å². The maximum atomic E-state index is 12.4. The summed E-state index contributed by atoms with van der Waals surface area (Å²) < 4.78 is 0. The molecule has 1 amide bonds. The van der Waals surface area contributed by atoms with Crippen molar-refractivity contribution in [2.75, 3.05) is 0 Å². The second-order valence-electron chi connectivity index (χ2n) is 6.16. The van der Waals surface area contributed by atoms with Crippen LogP contribution in [-0.4, -0.2) is 10.9 Å². The van der Waals surface area contributed by atoms with Gasteiger partial charge in [-0.05, 0) is 47.8 Å². The van der Waals surface area contributed by atoms with Crippen LogP contribution in [0.1, 0.15) is 18.4 Å². The van der Waals surface area contributed by atoms with Crippen molar-refractivity contribution in [2.24, 2.45) is 17.8 Å². The second-order valence-corrected chi connectivity index (χ2v) is 7.11. The van der Waals surface area contributed by atoms with E-state index in [4.69, 9.17) is 0 Å². The summed E-state index contributed by atoms with van der Waals surface area (Å²) >= 11 is 1.70. The van der Waals surface area contributed by atoms with Crippen molar-refractivity contribution in [1.29, 1.82) is 0 Å². The van der Waals surface area contributed by atoms with Crippen molar-refractivity contribution in [3.63, 3.8) is 0 Å². The van der Waals surface area contributed by atoms with Gasteiger partial charge in [-0.3, -0.25) is 9.78 Å². The summed E-state index contributed by atoms with van der Waals surface area (Å²) in [6, 6.07) is 6.24. The van der Waals surface area contributed by atoms with E-state index in [1.165, 1.54) is 4.88 Å². The number of nitrogens with one attached hydrogen (secondary N) is 1. The first kappa shape index (κ1) is 13.7. The third-order valence-electron chi connectivity index (χ3n) is 4.68. The van der Waals surface area contributed by atoms with Crippen molar-refractivity contribution in [2.45, 2.75) is 19.4 Å². The molecule has 2 heterocycles. The molecule has 2 aliphatic rings. The largest absolute Gasteiger partial charge is 0.352 e. The fraction of sp³-hybridized carbons (Fsp3) is 0.333. The fourth-order valence-corrected chi connectivity index (χ4v) is 4.27. The predicted octanol–water partition coefficient (Wildman–Crippen LogP) is 3.64. The van der Waals surface area contributed by atoms with E-state index in [9.17, 15) is 4.79 Å². The topological polar surface area (TPSA) is 42.0 Å². The second kappa shape index (κ2) is 5.69. The van der Waals surface area contributed by atoms with Gasteiger partial charge in [-0.1, -0.05) is 18.2 Å². The number of hydrogen-bond acceptors (Lipinski definition) is 3. The van der Waals surface area contributed by atoms with Crippen LogP contribution >= 0.6 is 11.3 Å². The minimum Gasteiger partial charge on any atom is -0.352 e. The minimum absolute atomic E-state index is 0.170. The van der Waals surface area contributed by atoms with E-state index in [0.29, 0.717) is 18.4 Å². The average molecular weight is 310 g/mol. The quantitative estimate of drug-likeness (QED) is 0.876. The summed E-state index contributed by atoms with van der Waals surface area (Å²) in [6.45, 7) is 0.558. The lowest BCUT2D eigenvalue weighted by Gasteiger charge is -2.17. The molecule has 2 bridgehead atoms. The van der Waals surface area contributed by atoms with E-state index in [-0.39, 0.29) is 11.8 Å². The van der Waals surface area contributed by atoms with Gasteiger partial charge in [0.25, 0.3) is 0 Å². The Hall–Kier alpha value is -1.94. The molecule has 0 aliphatic heterocycles. The van der Waals surface area contributed by atoms with Crippen molar-refractivity contribution in [3.05, 3.63) is 53.7 Å². The Kier molecular flexibility index (Phi) is 3.54. The van der Waals surface area contributed by atoms with Crippen molar-refractivity contribution in [1.82, 2.24) is 10.3 Å². The number of rotatable bonds is 4. The summed E-state index contributed by atoms with van der Waals surface area (Å²) in [6.07, 6.45) is 10.4. The maximum absolute atomic E-state index is 12.4. The summed E-state index contributed by atoms with van der Waals surface area (Å²) in [5.74, 6) is 1.45. The van der Waals surface area contributed by atoms with Gasteiger partial charge >= 0.3 is 0 Å². The average Bonchev–Trinajstić information content (AvgIpc) is 3.29. The molecule has 4 rings (SSSR count). The van der Waals surface area contributed by atoms with Gasteiger partial charge in [0.05, 0.1) is 0 Å². The van der Waals surface area contributed by atoms with Crippen LogP contribution in [0.15, 0.2) is 48.1 Å². The number of allylic oxidation sites excluding steroid dienone is 2. The van der Waals surface area contributed by atoms with Gasteiger partial charge in [0, 0.05) is 35.3 Å². The molecular weight excluding hydrogens is 292 g/mol. The molecule has 3 atom stereocenters. The summed E-state index contributed by atoms with van der Waals surface area (Å²) in [5.41, 5.74) is 2.17. The number of nitrogens with zero attached hydrogens (tertiary/aromatic N) is 1. The molecule has 0 radical (unpaired) electrons. The van der Waals surface area contributed by atoms with Crippen LogP contribution in [0, 0.1) is 17.8 Å². The highest BCUT2D eigenvalue weighted by Gasteiger charge is 2.39. The summed E-state index contributed by atoms with van der Waals surface area (Å²) in [4.78, 5) is 17.9. The molecular formula is C18H18N2OS. The van der Waals surface area contributed by atoms with Gasteiger partial charge in [0.15, 0.2) is 0 Å². The molecule has 0 aromatic carbocycles. The molecule has 1 fully saturated rings. The highest BCUT2D eigenvalue weighted by Crippen LogP contribution is 2.43. The Morgan fingerprint density at radius 2 is 2.27 bits per heavy atom. The Labute approximate surface area is 134 Å². The highest BCUT2D eigenvalue weighted by atomic mass is 32.1. The van der Waals surface area contributed by atoms with Crippen LogP contribution in [0.3, 0.4) is 0 Å². The van der Waals surface area contributed by atoms with Crippen molar-refractivity contribution in [3.8, 4) is 10.4 Å². The molecule has 3 nitrogen and oxygen atoms in total. The molecule has 3 unspecified atom stereocenters. The first-order valence-corrected chi connectivity index (χ1v) is 8.61. The Balaban J connectivity index is 1.41.